The van der Waals surface area contributed by atoms with Gasteiger partial charge < -0.3 is 14.7 Å². The molecule has 0 bridgehead atoms. The maximum absolute atomic E-state index is 13.8. The van der Waals surface area contributed by atoms with Gasteiger partial charge in [-0.3, -0.25) is 4.79 Å². The first kappa shape index (κ1) is 23.9. The molecule has 1 aliphatic heterocycles. The van der Waals surface area contributed by atoms with Gasteiger partial charge in [0, 0.05) is 50.4 Å². The number of hydrogen-bond acceptors (Lipinski definition) is 3. The van der Waals surface area contributed by atoms with E-state index in [9.17, 15) is 9.18 Å². The molecule has 1 saturated heterocycles. The van der Waals surface area contributed by atoms with Gasteiger partial charge in [-0.2, -0.15) is 0 Å². The Morgan fingerprint density at radius 2 is 1.56 bits per heavy atom. The van der Waals surface area contributed by atoms with Gasteiger partial charge in [-0.25, -0.2) is 9.38 Å². The second kappa shape index (κ2) is 11.8. The first-order chi connectivity index (χ1) is 15.5. The minimum atomic E-state index is -0.297. The van der Waals surface area contributed by atoms with Crippen molar-refractivity contribution in [2.45, 2.75) is 33.6 Å². The molecule has 0 N–H and O–H groups in total. The smallest absolute Gasteiger partial charge is 0.253 e. The van der Waals surface area contributed by atoms with E-state index in [1.807, 2.05) is 35.2 Å². The van der Waals surface area contributed by atoms with Crippen LogP contribution in [0.2, 0.25) is 0 Å². The molecule has 0 saturated carbocycles. The van der Waals surface area contributed by atoms with Crippen molar-refractivity contribution in [2.75, 3.05) is 45.8 Å². The third-order valence-corrected chi connectivity index (χ3v) is 5.83. The third-order valence-electron chi connectivity index (χ3n) is 5.83. The highest BCUT2D eigenvalue weighted by molar-refractivity contribution is 6.02. The summed E-state index contributed by atoms with van der Waals surface area (Å²) in [6, 6.07) is 14.1. The third kappa shape index (κ3) is 6.16. The Labute approximate surface area is 191 Å². The maximum atomic E-state index is 13.8. The highest BCUT2D eigenvalue weighted by atomic mass is 19.1. The van der Waals surface area contributed by atoms with Gasteiger partial charge in [0.05, 0.1) is 5.69 Å². The predicted octanol–water partition coefficient (Wildman–Crippen LogP) is 4.80. The van der Waals surface area contributed by atoms with Crippen molar-refractivity contribution in [1.29, 1.82) is 0 Å². The average molecular weight is 439 g/mol. The highest BCUT2D eigenvalue weighted by Crippen LogP contribution is 2.19. The Hall–Kier alpha value is -2.73. The van der Waals surface area contributed by atoms with Crippen molar-refractivity contribution < 1.29 is 9.18 Å². The summed E-state index contributed by atoms with van der Waals surface area (Å²) >= 11 is 0. The number of carbonyl (C=O) groups is 1. The van der Waals surface area contributed by atoms with Crippen LogP contribution in [0.4, 0.5) is 10.1 Å². The van der Waals surface area contributed by atoms with Gasteiger partial charge in [0.2, 0.25) is 0 Å². The molecule has 6 heteroatoms. The van der Waals surface area contributed by atoms with Gasteiger partial charge in [-0.05, 0) is 49.7 Å². The molecule has 0 spiro atoms. The molecule has 0 radical (unpaired) electrons. The Morgan fingerprint density at radius 1 is 0.938 bits per heavy atom. The molecule has 0 atom stereocenters. The van der Waals surface area contributed by atoms with Gasteiger partial charge in [0.15, 0.2) is 0 Å². The van der Waals surface area contributed by atoms with E-state index in [1.54, 1.807) is 6.07 Å². The fourth-order valence-electron chi connectivity index (χ4n) is 4.06. The SMILES string of the molecule is CCCN(CCC)C(=O)c1ccc(/C(=N\c2cccc(F)c2)N2CCN(CC)CC2)cc1. The van der Waals surface area contributed by atoms with E-state index in [0.29, 0.717) is 11.3 Å². The van der Waals surface area contributed by atoms with Crippen molar-refractivity contribution >= 4 is 17.4 Å². The molecular weight excluding hydrogens is 403 g/mol. The second-order valence-corrected chi connectivity index (χ2v) is 8.21. The number of nitrogens with zero attached hydrogens (tertiary/aromatic N) is 4. The molecule has 32 heavy (non-hydrogen) atoms. The van der Waals surface area contributed by atoms with Gasteiger partial charge in [0.25, 0.3) is 5.91 Å². The monoisotopic (exact) mass is 438 g/mol. The molecule has 1 heterocycles. The Balaban J connectivity index is 1.88. The van der Waals surface area contributed by atoms with Crippen LogP contribution in [-0.2, 0) is 0 Å². The molecular formula is C26H35FN4O. The van der Waals surface area contributed by atoms with Gasteiger partial charge in [-0.1, -0.05) is 39.0 Å². The minimum Gasteiger partial charge on any atom is -0.354 e. The molecule has 0 unspecified atom stereocenters. The number of hydrogen-bond donors (Lipinski definition) is 0. The molecule has 5 nitrogen and oxygen atoms in total. The summed E-state index contributed by atoms with van der Waals surface area (Å²) in [5, 5.41) is 0. The lowest BCUT2D eigenvalue weighted by Gasteiger charge is -2.36. The topological polar surface area (TPSA) is 39.2 Å². The summed E-state index contributed by atoms with van der Waals surface area (Å²) in [5.41, 5.74) is 2.22. The van der Waals surface area contributed by atoms with E-state index in [2.05, 4.69) is 30.6 Å². The first-order valence-corrected chi connectivity index (χ1v) is 11.8. The van der Waals surface area contributed by atoms with Gasteiger partial charge in [0.1, 0.15) is 11.7 Å². The molecule has 0 aromatic heterocycles. The standard InChI is InChI=1S/C26H35FN4O/c1-4-14-31(15-5-2)26(32)22-12-10-21(11-13-22)25(28-24-9-7-8-23(27)20-24)30-18-16-29(6-3)17-19-30/h7-13,20H,4-6,14-19H2,1-3H3/b28-25+. The fourth-order valence-corrected chi connectivity index (χ4v) is 4.06. The van der Waals surface area contributed by atoms with Crippen molar-refractivity contribution in [1.82, 2.24) is 14.7 Å². The van der Waals surface area contributed by atoms with Gasteiger partial charge in [-0.15, -0.1) is 0 Å². The van der Waals surface area contributed by atoms with E-state index in [1.165, 1.54) is 12.1 Å². The van der Waals surface area contributed by atoms with Crippen LogP contribution in [0.5, 0.6) is 0 Å². The summed E-state index contributed by atoms with van der Waals surface area (Å²) in [6.45, 7) is 12.6. The van der Waals surface area contributed by atoms with Crippen LogP contribution < -0.4 is 0 Å². The lowest BCUT2D eigenvalue weighted by Crippen LogP contribution is -2.48. The predicted molar refractivity (Wildman–Crippen MR) is 129 cm³/mol. The first-order valence-electron chi connectivity index (χ1n) is 11.8. The van der Waals surface area contributed by atoms with E-state index in [4.69, 9.17) is 4.99 Å². The number of aliphatic imine (C=N–C) groups is 1. The summed E-state index contributed by atoms with van der Waals surface area (Å²) < 4.78 is 13.8. The number of amidine groups is 1. The lowest BCUT2D eigenvalue weighted by atomic mass is 10.1. The zero-order valence-electron chi connectivity index (χ0n) is 19.6. The quantitative estimate of drug-likeness (QED) is 0.439. The van der Waals surface area contributed by atoms with Crippen molar-refractivity contribution in [3.05, 3.63) is 65.5 Å². The Morgan fingerprint density at radius 3 is 2.12 bits per heavy atom. The molecule has 1 fully saturated rings. The number of likely N-dealkylation sites (N-methyl/N-ethyl adjacent to an activating group) is 1. The van der Waals surface area contributed by atoms with E-state index >= 15 is 0 Å². The molecule has 0 aliphatic carbocycles. The summed E-state index contributed by atoms with van der Waals surface area (Å²) in [4.78, 5) is 24.4. The second-order valence-electron chi connectivity index (χ2n) is 8.21. The highest BCUT2D eigenvalue weighted by Gasteiger charge is 2.21. The van der Waals surface area contributed by atoms with Crippen LogP contribution in [0.1, 0.15) is 49.5 Å². The number of amides is 1. The zero-order valence-corrected chi connectivity index (χ0v) is 19.6. The van der Waals surface area contributed by atoms with Crippen LogP contribution in [0.3, 0.4) is 0 Å². The summed E-state index contributed by atoms with van der Waals surface area (Å²) in [7, 11) is 0. The van der Waals surface area contributed by atoms with Crippen LogP contribution in [-0.4, -0.2) is 72.3 Å². The summed E-state index contributed by atoms with van der Waals surface area (Å²) in [5.74, 6) is 0.596. The molecule has 2 aromatic carbocycles. The minimum absolute atomic E-state index is 0.0698. The lowest BCUT2D eigenvalue weighted by molar-refractivity contribution is 0.0755. The van der Waals surface area contributed by atoms with E-state index in [-0.39, 0.29) is 11.7 Å². The molecule has 2 aromatic rings. The summed E-state index contributed by atoms with van der Waals surface area (Å²) in [6.07, 6.45) is 1.88. The van der Waals surface area contributed by atoms with Gasteiger partial charge >= 0.3 is 0 Å². The van der Waals surface area contributed by atoms with E-state index in [0.717, 1.165) is 70.1 Å². The number of halogens is 1. The largest absolute Gasteiger partial charge is 0.354 e. The maximum Gasteiger partial charge on any atom is 0.253 e. The van der Waals surface area contributed by atoms with Crippen LogP contribution >= 0.6 is 0 Å². The van der Waals surface area contributed by atoms with Crippen molar-refractivity contribution in [3.63, 3.8) is 0 Å². The normalized spacial score (nSPS) is 15.1. The fraction of sp³-hybridized carbons (Fsp3) is 0.462. The molecule has 172 valence electrons. The van der Waals surface area contributed by atoms with Crippen LogP contribution in [0, 0.1) is 5.82 Å². The van der Waals surface area contributed by atoms with Crippen LogP contribution in [0.15, 0.2) is 53.5 Å². The number of carbonyl (C=O) groups excluding carboxylic acids is 1. The van der Waals surface area contributed by atoms with Crippen molar-refractivity contribution in [3.8, 4) is 0 Å². The van der Waals surface area contributed by atoms with Crippen LogP contribution in [0.25, 0.3) is 0 Å². The molecule has 1 aliphatic rings. The van der Waals surface area contributed by atoms with Crippen molar-refractivity contribution in [2.24, 2.45) is 4.99 Å². The Bertz CT molecular complexity index is 898. The molecule has 3 rings (SSSR count). The Kier molecular flexibility index (Phi) is 8.80. The number of rotatable bonds is 8. The average Bonchev–Trinajstić information content (AvgIpc) is 2.82. The van der Waals surface area contributed by atoms with E-state index < -0.39 is 0 Å². The number of piperazine rings is 1. The number of benzene rings is 2. The zero-order chi connectivity index (χ0) is 22.9. The molecule has 1 amide bonds.